The van der Waals surface area contributed by atoms with Crippen LogP contribution >= 0.6 is 0 Å². The zero-order valence-electron chi connectivity index (χ0n) is 17.7. The average Bonchev–Trinajstić information content (AvgIpc) is 3.55. The second kappa shape index (κ2) is 8.86. The molecule has 168 valence electrons. The molecule has 0 radical (unpaired) electrons. The number of ether oxygens (including phenoxy) is 1. The fourth-order valence-corrected chi connectivity index (χ4v) is 3.92. The number of benzene rings is 1. The van der Waals surface area contributed by atoms with E-state index in [4.69, 9.17) is 10.5 Å². The Morgan fingerprint density at radius 3 is 2.66 bits per heavy atom. The maximum Gasteiger partial charge on any atom is 0.410 e. The van der Waals surface area contributed by atoms with Gasteiger partial charge in [-0.15, -0.1) is 0 Å². The standard InChI is InChI=1S/C22H25FN6O3/c1-13(14-2-3-14)32-22(31)28-9-8-15(10-24)19(12-28)29-11-18(20(25)30)21(27-29)26-17-6-4-16(23)5-7-17/h4-7,11,13-15,19H,2-3,8-9,12H2,1H3,(H2,25,30)(H,26,27)/t13?,15-,19+/m0/s1. The minimum absolute atomic E-state index is 0.132. The summed E-state index contributed by atoms with van der Waals surface area (Å²) in [6.45, 7) is 2.54. The number of nitrogens with zero attached hydrogens (tertiary/aromatic N) is 4. The Kier molecular flexibility index (Phi) is 5.99. The van der Waals surface area contributed by atoms with E-state index in [9.17, 15) is 19.2 Å². The third kappa shape index (κ3) is 4.66. The lowest BCUT2D eigenvalue weighted by Crippen LogP contribution is -2.45. The normalized spacial score (nSPS) is 21.5. The number of nitriles is 1. The number of primary amides is 1. The van der Waals surface area contributed by atoms with Crippen molar-refractivity contribution in [3.8, 4) is 6.07 Å². The molecule has 2 aromatic rings. The van der Waals surface area contributed by atoms with E-state index in [1.165, 1.54) is 35.1 Å². The number of likely N-dealkylation sites (tertiary alicyclic amines) is 1. The molecule has 2 amide bonds. The van der Waals surface area contributed by atoms with Crippen LogP contribution in [0.1, 0.15) is 42.6 Å². The molecule has 1 aromatic heterocycles. The zero-order valence-corrected chi connectivity index (χ0v) is 17.7. The number of hydrogen-bond acceptors (Lipinski definition) is 6. The highest BCUT2D eigenvalue weighted by Crippen LogP contribution is 2.35. The van der Waals surface area contributed by atoms with Crippen molar-refractivity contribution in [2.75, 3.05) is 18.4 Å². The van der Waals surface area contributed by atoms with Gasteiger partial charge in [-0.25, -0.2) is 9.18 Å². The molecule has 10 heteroatoms. The van der Waals surface area contributed by atoms with Crippen LogP contribution in [0.4, 0.5) is 20.7 Å². The monoisotopic (exact) mass is 440 g/mol. The van der Waals surface area contributed by atoms with Crippen LogP contribution < -0.4 is 11.1 Å². The van der Waals surface area contributed by atoms with E-state index in [0.717, 1.165) is 12.8 Å². The summed E-state index contributed by atoms with van der Waals surface area (Å²) in [6, 6.07) is 7.39. The topological polar surface area (TPSA) is 126 Å². The van der Waals surface area contributed by atoms with Gasteiger partial charge in [0, 0.05) is 25.0 Å². The Labute approximate surface area is 184 Å². The van der Waals surface area contributed by atoms with E-state index < -0.39 is 29.8 Å². The number of anilines is 2. The van der Waals surface area contributed by atoms with Gasteiger partial charge >= 0.3 is 6.09 Å². The highest BCUT2D eigenvalue weighted by molar-refractivity contribution is 5.98. The van der Waals surface area contributed by atoms with Gasteiger partial charge in [0.05, 0.1) is 18.0 Å². The molecule has 3 atom stereocenters. The third-order valence-electron chi connectivity index (χ3n) is 6.02. The van der Waals surface area contributed by atoms with Crippen molar-refractivity contribution in [2.45, 2.75) is 38.3 Å². The number of amides is 2. The first-order valence-electron chi connectivity index (χ1n) is 10.6. The summed E-state index contributed by atoms with van der Waals surface area (Å²) >= 11 is 0. The van der Waals surface area contributed by atoms with Crippen LogP contribution in [-0.2, 0) is 4.74 Å². The van der Waals surface area contributed by atoms with Gasteiger partial charge in [0.2, 0.25) is 0 Å². The molecule has 1 aliphatic heterocycles. The van der Waals surface area contributed by atoms with Gasteiger partial charge in [-0.05, 0) is 56.4 Å². The van der Waals surface area contributed by atoms with Gasteiger partial charge < -0.3 is 20.7 Å². The van der Waals surface area contributed by atoms with Crippen LogP contribution in [-0.4, -0.2) is 45.9 Å². The lowest BCUT2D eigenvalue weighted by atomic mass is 9.93. The van der Waals surface area contributed by atoms with Gasteiger partial charge in [0.1, 0.15) is 17.5 Å². The quantitative estimate of drug-likeness (QED) is 0.710. The summed E-state index contributed by atoms with van der Waals surface area (Å²) in [7, 11) is 0. The molecular weight excluding hydrogens is 415 g/mol. The first kappa shape index (κ1) is 21.6. The van der Waals surface area contributed by atoms with Crippen molar-refractivity contribution >= 4 is 23.5 Å². The molecule has 9 nitrogen and oxygen atoms in total. The zero-order chi connectivity index (χ0) is 22.8. The van der Waals surface area contributed by atoms with Crippen LogP contribution in [0.2, 0.25) is 0 Å². The van der Waals surface area contributed by atoms with Gasteiger partial charge in [-0.2, -0.15) is 10.4 Å². The SMILES string of the molecule is CC(OC(=O)N1CC[C@@H](C#N)[C@H](n2cc(C(N)=O)c(Nc3ccc(F)cc3)n2)C1)C1CC1. The highest BCUT2D eigenvalue weighted by Gasteiger charge is 2.37. The molecule has 0 bridgehead atoms. The predicted molar refractivity (Wildman–Crippen MR) is 113 cm³/mol. The molecule has 1 aliphatic carbocycles. The first-order valence-corrected chi connectivity index (χ1v) is 10.6. The Morgan fingerprint density at radius 2 is 2.03 bits per heavy atom. The van der Waals surface area contributed by atoms with E-state index in [1.54, 1.807) is 4.90 Å². The summed E-state index contributed by atoms with van der Waals surface area (Å²) in [4.78, 5) is 26.2. The van der Waals surface area contributed by atoms with Crippen LogP contribution in [0.3, 0.4) is 0 Å². The molecule has 4 rings (SSSR count). The average molecular weight is 440 g/mol. The number of halogens is 1. The van der Waals surface area contributed by atoms with Crippen LogP contribution in [0.15, 0.2) is 30.5 Å². The van der Waals surface area contributed by atoms with E-state index >= 15 is 0 Å². The number of carbonyl (C=O) groups is 2. The van der Waals surface area contributed by atoms with Gasteiger partial charge in [0.25, 0.3) is 5.91 Å². The second-order valence-electron chi connectivity index (χ2n) is 8.33. The highest BCUT2D eigenvalue weighted by atomic mass is 19.1. The van der Waals surface area contributed by atoms with Crippen LogP contribution in [0.5, 0.6) is 0 Å². The molecule has 32 heavy (non-hydrogen) atoms. The third-order valence-corrected chi connectivity index (χ3v) is 6.02. The number of rotatable bonds is 6. The minimum atomic E-state index is -0.695. The summed E-state index contributed by atoms with van der Waals surface area (Å²) in [5, 5.41) is 17.1. The molecule has 1 saturated carbocycles. The van der Waals surface area contributed by atoms with E-state index in [1.807, 2.05) is 6.92 Å². The number of aromatic nitrogens is 2. The largest absolute Gasteiger partial charge is 0.446 e. The van der Waals surface area contributed by atoms with Crippen LogP contribution in [0, 0.1) is 29.0 Å². The van der Waals surface area contributed by atoms with Gasteiger partial charge in [-0.3, -0.25) is 9.48 Å². The predicted octanol–water partition coefficient (Wildman–Crippen LogP) is 3.19. The maximum absolute atomic E-state index is 13.2. The molecule has 2 aliphatic rings. The number of hydrogen-bond donors (Lipinski definition) is 2. The fraction of sp³-hybridized carbons (Fsp3) is 0.455. The molecule has 2 fully saturated rings. The molecule has 1 aromatic carbocycles. The van der Waals surface area contributed by atoms with Crippen molar-refractivity contribution in [1.29, 1.82) is 5.26 Å². The van der Waals surface area contributed by atoms with E-state index in [2.05, 4.69) is 16.5 Å². The van der Waals surface area contributed by atoms with Gasteiger partial charge in [-0.1, -0.05) is 0 Å². The Bertz CT molecular complexity index is 1040. The minimum Gasteiger partial charge on any atom is -0.446 e. The van der Waals surface area contributed by atoms with E-state index in [-0.39, 0.29) is 24.0 Å². The molecule has 3 N–H and O–H groups in total. The lowest BCUT2D eigenvalue weighted by molar-refractivity contribution is 0.0441. The van der Waals surface area contributed by atoms with Crippen molar-refractivity contribution in [1.82, 2.24) is 14.7 Å². The Morgan fingerprint density at radius 1 is 1.31 bits per heavy atom. The number of piperidine rings is 1. The first-order chi connectivity index (χ1) is 15.4. The summed E-state index contributed by atoms with van der Waals surface area (Å²) in [6.07, 6.45) is 3.54. The van der Waals surface area contributed by atoms with E-state index in [0.29, 0.717) is 24.6 Å². The van der Waals surface area contributed by atoms with Crippen LogP contribution in [0.25, 0.3) is 0 Å². The van der Waals surface area contributed by atoms with Gasteiger partial charge in [0.15, 0.2) is 5.82 Å². The number of carbonyl (C=O) groups excluding carboxylic acids is 2. The summed E-state index contributed by atoms with van der Waals surface area (Å²) in [5.74, 6) is -0.865. The van der Waals surface area contributed by atoms with Crippen molar-refractivity contribution < 1.29 is 18.7 Å². The Balaban J connectivity index is 1.55. The van der Waals surface area contributed by atoms with Crippen molar-refractivity contribution in [2.24, 2.45) is 17.6 Å². The molecule has 2 heterocycles. The number of nitrogens with two attached hydrogens (primary N) is 1. The summed E-state index contributed by atoms with van der Waals surface area (Å²) < 4.78 is 20.3. The maximum atomic E-state index is 13.2. The Hall–Kier alpha value is -3.61. The second-order valence-corrected chi connectivity index (χ2v) is 8.33. The molecule has 1 unspecified atom stereocenters. The molecular formula is C22H25FN6O3. The smallest absolute Gasteiger partial charge is 0.410 e. The van der Waals surface area contributed by atoms with Crippen molar-refractivity contribution in [3.05, 3.63) is 41.8 Å². The lowest BCUT2D eigenvalue weighted by Gasteiger charge is -2.35. The summed E-state index contributed by atoms with van der Waals surface area (Å²) in [5.41, 5.74) is 6.18. The molecule has 0 spiro atoms. The number of nitrogens with one attached hydrogen (secondary N) is 1. The fourth-order valence-electron chi connectivity index (χ4n) is 3.92. The molecule has 1 saturated heterocycles. The van der Waals surface area contributed by atoms with Crippen molar-refractivity contribution in [3.63, 3.8) is 0 Å².